The molecule has 2 amide bonds. The van der Waals surface area contributed by atoms with Crippen LogP contribution in [0, 0.1) is 0 Å². The Kier molecular flexibility index (Phi) is 6.83. The molecule has 2 aromatic rings. The molecule has 5 nitrogen and oxygen atoms in total. The molecule has 25 heavy (non-hydrogen) atoms. The van der Waals surface area contributed by atoms with Crippen LogP contribution in [-0.4, -0.2) is 37.4 Å². The summed E-state index contributed by atoms with van der Waals surface area (Å²) in [4.78, 5) is 25.3. The summed E-state index contributed by atoms with van der Waals surface area (Å²) in [5, 5.41) is 6.45. The maximum atomic E-state index is 12.0. The van der Waals surface area contributed by atoms with Gasteiger partial charge in [0.25, 0.3) is 0 Å². The number of aryl methyl sites for hydroxylation is 1. The van der Waals surface area contributed by atoms with Crippen molar-refractivity contribution >= 4 is 34.8 Å². The average Bonchev–Trinajstić information content (AvgIpc) is 2.58. The molecule has 0 spiro atoms. The highest BCUT2D eigenvalue weighted by atomic mass is 35.5. The largest absolute Gasteiger partial charge is 0.376 e. The predicted molar refractivity (Wildman–Crippen MR) is 102 cm³/mol. The van der Waals surface area contributed by atoms with E-state index in [2.05, 4.69) is 10.6 Å². The normalized spacial score (nSPS) is 10.2. The van der Waals surface area contributed by atoms with Crippen molar-refractivity contribution in [1.29, 1.82) is 0 Å². The molecular formula is C19H22ClN3O2. The van der Waals surface area contributed by atoms with E-state index >= 15 is 0 Å². The molecule has 0 fully saturated rings. The fourth-order valence-electron chi connectivity index (χ4n) is 2.27. The number of hydrogen-bond donors (Lipinski definition) is 2. The molecule has 6 heteroatoms. The van der Waals surface area contributed by atoms with Crippen molar-refractivity contribution in [2.75, 3.05) is 31.3 Å². The van der Waals surface area contributed by atoms with Gasteiger partial charge in [0, 0.05) is 36.9 Å². The second kappa shape index (κ2) is 9.08. The Hall–Kier alpha value is -2.53. The second-order valence-corrected chi connectivity index (χ2v) is 6.34. The lowest BCUT2D eigenvalue weighted by Crippen LogP contribution is -2.22. The molecule has 0 aliphatic carbocycles. The first-order chi connectivity index (χ1) is 11.9. The Labute approximate surface area is 153 Å². The average molecular weight is 360 g/mol. The molecule has 0 unspecified atom stereocenters. The number of halogens is 1. The van der Waals surface area contributed by atoms with Crippen molar-refractivity contribution in [2.24, 2.45) is 0 Å². The first kappa shape index (κ1) is 18.8. The molecule has 0 bridgehead atoms. The van der Waals surface area contributed by atoms with Crippen LogP contribution in [0.4, 0.5) is 11.4 Å². The second-order valence-electron chi connectivity index (χ2n) is 5.90. The van der Waals surface area contributed by atoms with Crippen LogP contribution in [0.1, 0.15) is 12.0 Å². The van der Waals surface area contributed by atoms with Gasteiger partial charge in [-0.25, -0.2) is 0 Å². The van der Waals surface area contributed by atoms with Gasteiger partial charge in [-0.15, -0.1) is 0 Å². The van der Waals surface area contributed by atoms with Gasteiger partial charge in [-0.3, -0.25) is 9.59 Å². The molecule has 0 aromatic heterocycles. The molecule has 2 rings (SSSR count). The van der Waals surface area contributed by atoms with E-state index in [9.17, 15) is 9.59 Å². The van der Waals surface area contributed by atoms with E-state index in [1.165, 1.54) is 0 Å². The Morgan fingerprint density at radius 3 is 2.48 bits per heavy atom. The zero-order chi connectivity index (χ0) is 18.2. The summed E-state index contributed by atoms with van der Waals surface area (Å²) in [6, 6.07) is 14.7. The third-order valence-electron chi connectivity index (χ3n) is 3.61. The molecule has 0 saturated heterocycles. The Bertz CT molecular complexity index is 747. The molecule has 0 aliphatic heterocycles. The molecule has 0 aliphatic rings. The fourth-order valence-corrected chi connectivity index (χ4v) is 2.46. The predicted octanol–water partition coefficient (Wildman–Crippen LogP) is 3.41. The van der Waals surface area contributed by atoms with Crippen molar-refractivity contribution in [2.45, 2.75) is 12.8 Å². The third-order valence-corrected chi connectivity index (χ3v) is 3.85. The van der Waals surface area contributed by atoms with Gasteiger partial charge < -0.3 is 15.5 Å². The zero-order valence-corrected chi connectivity index (χ0v) is 15.1. The van der Waals surface area contributed by atoms with Crippen LogP contribution in [0.15, 0.2) is 48.5 Å². The Balaban J connectivity index is 1.85. The van der Waals surface area contributed by atoms with E-state index < -0.39 is 0 Å². The maximum absolute atomic E-state index is 12.0. The first-order valence-corrected chi connectivity index (χ1v) is 8.40. The lowest BCUT2D eigenvalue weighted by atomic mass is 10.1. The molecule has 0 radical (unpaired) electrons. The van der Waals surface area contributed by atoms with Gasteiger partial charge in [0.05, 0.1) is 6.54 Å². The Morgan fingerprint density at radius 2 is 1.76 bits per heavy atom. The summed E-state index contributed by atoms with van der Waals surface area (Å²) in [5.41, 5.74) is 2.56. The van der Waals surface area contributed by atoms with E-state index in [-0.39, 0.29) is 18.4 Å². The standard InChI is InChI=1S/C19H22ClN3O2/c1-23(2)19(25)10-9-14-5-3-7-16(11-14)21-13-18(24)22-17-8-4-6-15(20)12-17/h3-8,11-12,21H,9-10,13H2,1-2H3,(H,22,24). The monoisotopic (exact) mass is 359 g/mol. The highest BCUT2D eigenvalue weighted by molar-refractivity contribution is 6.30. The Morgan fingerprint density at radius 1 is 1.04 bits per heavy atom. The van der Waals surface area contributed by atoms with Crippen molar-refractivity contribution in [3.63, 3.8) is 0 Å². The summed E-state index contributed by atoms with van der Waals surface area (Å²) >= 11 is 5.90. The number of nitrogens with one attached hydrogen (secondary N) is 2. The van der Waals surface area contributed by atoms with Crippen LogP contribution in [0.3, 0.4) is 0 Å². The number of carbonyl (C=O) groups excluding carboxylic acids is 2. The molecule has 0 atom stereocenters. The number of benzene rings is 2. The number of nitrogens with zero attached hydrogens (tertiary/aromatic N) is 1. The van der Waals surface area contributed by atoms with Gasteiger partial charge in [0.1, 0.15) is 0 Å². The number of hydrogen-bond acceptors (Lipinski definition) is 3. The van der Waals surface area contributed by atoms with Crippen molar-refractivity contribution in [1.82, 2.24) is 4.90 Å². The molecular weight excluding hydrogens is 338 g/mol. The summed E-state index contributed by atoms with van der Waals surface area (Å²) in [5.74, 6) is -0.0604. The van der Waals surface area contributed by atoms with Gasteiger partial charge >= 0.3 is 0 Å². The van der Waals surface area contributed by atoms with Crippen LogP contribution in [0.2, 0.25) is 5.02 Å². The first-order valence-electron chi connectivity index (χ1n) is 8.02. The third kappa shape index (κ3) is 6.47. The van der Waals surface area contributed by atoms with E-state index in [0.717, 1.165) is 11.3 Å². The van der Waals surface area contributed by atoms with E-state index in [1.807, 2.05) is 24.3 Å². The SMILES string of the molecule is CN(C)C(=O)CCc1cccc(NCC(=O)Nc2cccc(Cl)c2)c1. The summed E-state index contributed by atoms with van der Waals surface area (Å²) < 4.78 is 0. The minimum atomic E-state index is -0.157. The topological polar surface area (TPSA) is 61.4 Å². The number of carbonyl (C=O) groups is 2. The molecule has 2 N–H and O–H groups in total. The van der Waals surface area contributed by atoms with Crippen LogP contribution < -0.4 is 10.6 Å². The van der Waals surface area contributed by atoms with Gasteiger partial charge in [-0.05, 0) is 42.3 Å². The lowest BCUT2D eigenvalue weighted by molar-refractivity contribution is -0.128. The smallest absolute Gasteiger partial charge is 0.243 e. The molecule has 2 aromatic carbocycles. The van der Waals surface area contributed by atoms with Crippen LogP contribution in [0.25, 0.3) is 0 Å². The molecule has 132 valence electrons. The van der Waals surface area contributed by atoms with Gasteiger partial charge in [-0.1, -0.05) is 29.8 Å². The molecule has 0 saturated carbocycles. The minimum absolute atomic E-state index is 0.0965. The number of anilines is 2. The van der Waals surface area contributed by atoms with Crippen molar-refractivity contribution < 1.29 is 9.59 Å². The summed E-state index contributed by atoms with van der Waals surface area (Å²) in [6.45, 7) is 0.145. The quantitative estimate of drug-likeness (QED) is 0.796. The van der Waals surface area contributed by atoms with Crippen LogP contribution in [0.5, 0.6) is 0 Å². The van der Waals surface area contributed by atoms with Gasteiger partial charge in [-0.2, -0.15) is 0 Å². The minimum Gasteiger partial charge on any atom is -0.376 e. The number of amides is 2. The van der Waals surface area contributed by atoms with Crippen LogP contribution >= 0.6 is 11.6 Å². The van der Waals surface area contributed by atoms with E-state index in [0.29, 0.717) is 23.6 Å². The van der Waals surface area contributed by atoms with Crippen molar-refractivity contribution in [3.8, 4) is 0 Å². The summed E-state index contributed by atoms with van der Waals surface area (Å²) in [7, 11) is 3.50. The number of rotatable bonds is 7. The van der Waals surface area contributed by atoms with Crippen LogP contribution in [-0.2, 0) is 16.0 Å². The van der Waals surface area contributed by atoms with Crippen molar-refractivity contribution in [3.05, 3.63) is 59.1 Å². The van der Waals surface area contributed by atoms with Gasteiger partial charge in [0.15, 0.2) is 0 Å². The molecule has 0 heterocycles. The lowest BCUT2D eigenvalue weighted by Gasteiger charge is -2.11. The summed E-state index contributed by atoms with van der Waals surface area (Å²) in [6.07, 6.45) is 1.13. The van der Waals surface area contributed by atoms with Gasteiger partial charge in [0.2, 0.25) is 11.8 Å². The highest BCUT2D eigenvalue weighted by Crippen LogP contribution is 2.15. The zero-order valence-electron chi connectivity index (χ0n) is 14.4. The maximum Gasteiger partial charge on any atom is 0.243 e. The van der Waals surface area contributed by atoms with E-state index in [4.69, 9.17) is 11.6 Å². The highest BCUT2D eigenvalue weighted by Gasteiger charge is 2.06. The fraction of sp³-hybridized carbons (Fsp3) is 0.263. The van der Waals surface area contributed by atoms with E-state index in [1.54, 1.807) is 43.3 Å².